The van der Waals surface area contributed by atoms with Gasteiger partial charge in [0.05, 0.1) is 5.56 Å². The van der Waals surface area contributed by atoms with E-state index in [0.717, 1.165) is 29.5 Å². The fourth-order valence-electron chi connectivity index (χ4n) is 2.42. The molecule has 0 amide bonds. The third kappa shape index (κ3) is 2.84. The van der Waals surface area contributed by atoms with E-state index in [1.165, 1.54) is 0 Å². The highest BCUT2D eigenvalue weighted by atomic mass is 28.3. The Kier molecular flexibility index (Phi) is 3.55. The van der Waals surface area contributed by atoms with Gasteiger partial charge in [0.1, 0.15) is 12.4 Å². The van der Waals surface area contributed by atoms with Gasteiger partial charge in [-0.3, -0.25) is 4.79 Å². The molecule has 0 aliphatic heterocycles. The monoisotopic (exact) mass is 300 g/mol. The highest BCUT2D eigenvalue weighted by Crippen LogP contribution is 2.34. The summed E-state index contributed by atoms with van der Waals surface area (Å²) in [4.78, 5) is 12.3. The molecule has 0 unspecified atom stereocenters. The number of carbonyl (C=O) groups is 1. The summed E-state index contributed by atoms with van der Waals surface area (Å²) in [5, 5.41) is 4.50. The molecule has 0 atom stereocenters. The Morgan fingerprint density at radius 1 is 1.14 bits per heavy atom. The Balaban J connectivity index is 1.70. The van der Waals surface area contributed by atoms with Crippen molar-refractivity contribution in [3.8, 4) is 11.3 Å². The van der Waals surface area contributed by atoms with E-state index >= 15 is 0 Å². The molecule has 1 aliphatic carbocycles. The average Bonchev–Trinajstić information content (AvgIpc) is 2.95. The fourth-order valence-corrected chi connectivity index (χ4v) is 3.18. The van der Waals surface area contributed by atoms with Crippen LogP contribution in [0.15, 0.2) is 30.5 Å². The Labute approximate surface area is 125 Å². The zero-order chi connectivity index (χ0) is 15.0. The molecule has 0 bridgehead atoms. The van der Waals surface area contributed by atoms with Gasteiger partial charge in [0, 0.05) is 32.0 Å². The zero-order valence-electron chi connectivity index (χ0n) is 12.7. The van der Waals surface area contributed by atoms with Crippen molar-refractivity contribution in [1.29, 1.82) is 0 Å². The molecule has 0 fully saturated rings. The van der Waals surface area contributed by atoms with Gasteiger partial charge < -0.3 is 4.74 Å². The Bertz CT molecular complexity index is 686. The van der Waals surface area contributed by atoms with Crippen LogP contribution in [0.25, 0.3) is 11.3 Å². The van der Waals surface area contributed by atoms with E-state index in [0.29, 0.717) is 12.3 Å². The summed E-state index contributed by atoms with van der Waals surface area (Å²) >= 11 is 0. The van der Waals surface area contributed by atoms with E-state index < -0.39 is 8.07 Å². The largest absolute Gasteiger partial charge is 0.360 e. The molecule has 21 heavy (non-hydrogen) atoms. The zero-order valence-corrected chi connectivity index (χ0v) is 13.7. The highest BCUT2D eigenvalue weighted by Gasteiger charge is 2.29. The van der Waals surface area contributed by atoms with Gasteiger partial charge in [-0.2, -0.15) is 5.10 Å². The number of hydrogen-bond acceptors (Lipinski definition) is 3. The lowest BCUT2D eigenvalue weighted by molar-refractivity contribution is 0.0786. The van der Waals surface area contributed by atoms with E-state index in [-0.39, 0.29) is 5.78 Å². The predicted octanol–water partition coefficient (Wildman–Crippen LogP) is 3.41. The molecule has 2 aromatic rings. The Morgan fingerprint density at radius 2 is 1.86 bits per heavy atom. The summed E-state index contributed by atoms with van der Waals surface area (Å²) < 4.78 is 7.40. The first-order valence-corrected chi connectivity index (χ1v) is 11.0. The first-order chi connectivity index (χ1) is 9.96. The second-order valence-corrected chi connectivity index (χ2v) is 12.3. The first kappa shape index (κ1) is 14.2. The van der Waals surface area contributed by atoms with Gasteiger partial charge in [-0.15, -0.1) is 0 Å². The third-order valence-electron chi connectivity index (χ3n) is 3.65. The molecule has 0 spiro atoms. The molecule has 0 saturated carbocycles. The van der Waals surface area contributed by atoms with Crippen LogP contribution in [0.1, 0.15) is 15.9 Å². The van der Waals surface area contributed by atoms with Crippen LogP contribution in [0.3, 0.4) is 0 Å². The average molecular weight is 300 g/mol. The second-order valence-electron chi connectivity index (χ2n) is 6.65. The summed E-state index contributed by atoms with van der Waals surface area (Å²) in [6.07, 6.45) is 1.80. The smallest absolute Gasteiger partial charge is 0.197 e. The van der Waals surface area contributed by atoms with E-state index in [4.69, 9.17) is 4.74 Å². The maximum Gasteiger partial charge on any atom is 0.197 e. The minimum atomic E-state index is -1.06. The fraction of sp³-hybridized carbons (Fsp3) is 0.375. The van der Waals surface area contributed by atoms with Crippen molar-refractivity contribution in [1.82, 2.24) is 9.78 Å². The summed E-state index contributed by atoms with van der Waals surface area (Å²) in [5.41, 5.74) is 3.15. The molecule has 4 nitrogen and oxygen atoms in total. The number of aromatic nitrogens is 2. The molecule has 1 aliphatic rings. The molecule has 1 heterocycles. The molecule has 0 saturated heterocycles. The summed E-state index contributed by atoms with van der Waals surface area (Å²) in [6.45, 7) is 8.15. The molecule has 3 rings (SSSR count). The van der Waals surface area contributed by atoms with Crippen LogP contribution in [0.5, 0.6) is 0 Å². The lowest BCUT2D eigenvalue weighted by Gasteiger charge is -2.15. The molecular weight excluding hydrogens is 280 g/mol. The Hall–Kier alpha value is -1.72. The normalized spacial score (nSPS) is 13.4. The van der Waals surface area contributed by atoms with Crippen molar-refractivity contribution in [3.05, 3.63) is 41.6 Å². The summed E-state index contributed by atoms with van der Waals surface area (Å²) in [7, 11) is -1.06. The number of ether oxygens (including phenoxy) is 1. The van der Waals surface area contributed by atoms with Crippen molar-refractivity contribution < 1.29 is 9.53 Å². The van der Waals surface area contributed by atoms with Crippen molar-refractivity contribution in [2.75, 3.05) is 6.61 Å². The SMILES string of the molecule is C[Si](C)(C)CCOCn1cc2c(n1)-c1ccccc1C2=O. The molecule has 1 aromatic carbocycles. The first-order valence-electron chi connectivity index (χ1n) is 7.25. The molecule has 1 aromatic heterocycles. The summed E-state index contributed by atoms with van der Waals surface area (Å²) in [6, 6.07) is 8.76. The lowest BCUT2D eigenvalue weighted by Crippen LogP contribution is -2.22. The maximum absolute atomic E-state index is 12.3. The molecule has 110 valence electrons. The van der Waals surface area contributed by atoms with Crippen LogP contribution in [-0.2, 0) is 11.5 Å². The third-order valence-corrected chi connectivity index (χ3v) is 5.36. The van der Waals surface area contributed by atoms with Gasteiger partial charge in [0.2, 0.25) is 0 Å². The molecule has 5 heteroatoms. The van der Waals surface area contributed by atoms with Crippen LogP contribution in [0.2, 0.25) is 25.7 Å². The lowest BCUT2D eigenvalue weighted by atomic mass is 10.1. The predicted molar refractivity (Wildman–Crippen MR) is 85.2 cm³/mol. The van der Waals surface area contributed by atoms with E-state index in [9.17, 15) is 4.79 Å². The number of nitrogens with zero attached hydrogens (tertiary/aromatic N) is 2. The van der Waals surface area contributed by atoms with Crippen LogP contribution >= 0.6 is 0 Å². The van der Waals surface area contributed by atoms with E-state index in [1.807, 2.05) is 24.3 Å². The molecular formula is C16H20N2O2Si. The highest BCUT2D eigenvalue weighted by molar-refractivity contribution is 6.76. The second kappa shape index (κ2) is 5.24. The topological polar surface area (TPSA) is 44.1 Å². The van der Waals surface area contributed by atoms with Crippen LogP contribution < -0.4 is 0 Å². The van der Waals surface area contributed by atoms with Gasteiger partial charge in [0.25, 0.3) is 0 Å². The van der Waals surface area contributed by atoms with E-state index in [2.05, 4.69) is 24.7 Å². The number of benzene rings is 1. The minimum Gasteiger partial charge on any atom is -0.360 e. The number of hydrogen-bond donors (Lipinski definition) is 0. The maximum atomic E-state index is 12.3. The van der Waals surface area contributed by atoms with Crippen molar-refractivity contribution >= 4 is 13.9 Å². The number of carbonyl (C=O) groups excluding carboxylic acids is 1. The number of ketones is 1. The van der Waals surface area contributed by atoms with Crippen molar-refractivity contribution in [3.63, 3.8) is 0 Å². The molecule has 0 N–H and O–H groups in total. The standard InChI is InChI=1S/C16H20N2O2Si/c1-21(2,3)9-8-20-11-18-10-14-15(17-18)12-6-4-5-7-13(12)16(14)19/h4-7,10H,8-9,11H2,1-3H3. The van der Waals surface area contributed by atoms with Crippen LogP contribution in [0.4, 0.5) is 0 Å². The van der Waals surface area contributed by atoms with Gasteiger partial charge in [-0.05, 0) is 6.04 Å². The van der Waals surface area contributed by atoms with Crippen LogP contribution in [0, 0.1) is 0 Å². The number of fused-ring (bicyclic) bond motifs is 3. The van der Waals surface area contributed by atoms with Gasteiger partial charge >= 0.3 is 0 Å². The van der Waals surface area contributed by atoms with Gasteiger partial charge in [-0.1, -0.05) is 43.9 Å². The van der Waals surface area contributed by atoms with Crippen molar-refractivity contribution in [2.45, 2.75) is 32.4 Å². The van der Waals surface area contributed by atoms with Crippen molar-refractivity contribution in [2.24, 2.45) is 0 Å². The Morgan fingerprint density at radius 3 is 2.57 bits per heavy atom. The van der Waals surface area contributed by atoms with Gasteiger partial charge in [-0.25, -0.2) is 4.68 Å². The van der Waals surface area contributed by atoms with Crippen LogP contribution in [-0.4, -0.2) is 30.2 Å². The van der Waals surface area contributed by atoms with E-state index in [1.54, 1.807) is 10.9 Å². The quantitative estimate of drug-likeness (QED) is 0.536. The minimum absolute atomic E-state index is 0.0638. The number of rotatable bonds is 5. The summed E-state index contributed by atoms with van der Waals surface area (Å²) in [5.74, 6) is 0.0638. The van der Waals surface area contributed by atoms with Gasteiger partial charge in [0.15, 0.2) is 5.78 Å². The molecule has 0 radical (unpaired) electrons.